The largest absolute Gasteiger partial charge is 0.412 e. The molecule has 2 rings (SSSR count). The smallest absolute Gasteiger partial charge is 0.299 e. The van der Waals surface area contributed by atoms with E-state index in [0.29, 0.717) is 5.92 Å². The van der Waals surface area contributed by atoms with Crippen molar-refractivity contribution in [3.63, 3.8) is 0 Å². The number of allylic oxidation sites excluding steroid dienone is 2. The Hall–Kier alpha value is -0.550. The minimum Gasteiger partial charge on any atom is -0.299 e. The summed E-state index contributed by atoms with van der Waals surface area (Å²) in [6.07, 6.45) is -2.00. The molecule has 1 heterocycles. The number of alkyl halides is 4. The second-order valence-corrected chi connectivity index (χ2v) is 6.20. The Kier molecular flexibility index (Phi) is 4.80. The van der Waals surface area contributed by atoms with Gasteiger partial charge in [0.25, 0.3) is 0 Å². The topological polar surface area (TPSA) is 3.24 Å². The molecule has 1 nitrogen and oxygen atoms in total. The van der Waals surface area contributed by atoms with Crippen LogP contribution in [0.2, 0.25) is 0 Å². The Labute approximate surface area is 121 Å². The van der Waals surface area contributed by atoms with E-state index in [1.54, 1.807) is 0 Å². The van der Waals surface area contributed by atoms with Crippen LogP contribution in [-0.2, 0) is 0 Å². The Balaban J connectivity index is 2.11. The Morgan fingerprint density at radius 1 is 1.30 bits per heavy atom. The fourth-order valence-electron chi connectivity index (χ4n) is 2.60. The molecule has 0 aromatic rings. The standard InChI is InChI=1S/C14H18ClF4N/c1-9-2-4-20(5-3-9)8-10-6-11(14(17,18)19)7-12(15)13(10)16/h6,9,12H,2-5,7-8H2,1H3. The summed E-state index contributed by atoms with van der Waals surface area (Å²) >= 11 is 5.71. The lowest BCUT2D eigenvalue weighted by atomic mass is 9.95. The molecule has 1 aliphatic carbocycles. The van der Waals surface area contributed by atoms with Crippen LogP contribution in [0.15, 0.2) is 23.0 Å². The van der Waals surface area contributed by atoms with E-state index in [1.165, 1.54) is 0 Å². The SMILES string of the molecule is CC1CCN(CC2=C(F)C(Cl)CC(C(F)(F)F)=C2)CC1. The highest BCUT2D eigenvalue weighted by Crippen LogP contribution is 2.38. The molecule has 0 bridgehead atoms. The fraction of sp³-hybridized carbons (Fsp3) is 0.714. The monoisotopic (exact) mass is 311 g/mol. The van der Waals surface area contributed by atoms with Crippen LogP contribution >= 0.6 is 11.6 Å². The third-order valence-electron chi connectivity index (χ3n) is 3.96. The van der Waals surface area contributed by atoms with Crippen molar-refractivity contribution in [2.45, 2.75) is 37.7 Å². The first-order valence-electron chi connectivity index (χ1n) is 6.80. The van der Waals surface area contributed by atoms with Gasteiger partial charge >= 0.3 is 6.18 Å². The molecule has 0 aromatic carbocycles. The summed E-state index contributed by atoms with van der Waals surface area (Å²) in [6, 6.07) is 0. The summed E-state index contributed by atoms with van der Waals surface area (Å²) in [6.45, 7) is 3.94. The number of rotatable bonds is 2. The van der Waals surface area contributed by atoms with E-state index < -0.39 is 29.4 Å². The van der Waals surface area contributed by atoms with E-state index in [9.17, 15) is 17.6 Å². The lowest BCUT2D eigenvalue weighted by molar-refractivity contribution is -0.0942. The number of hydrogen-bond acceptors (Lipinski definition) is 1. The predicted octanol–water partition coefficient (Wildman–Crippen LogP) is 4.44. The molecule has 1 fully saturated rings. The van der Waals surface area contributed by atoms with Gasteiger partial charge in [0.15, 0.2) is 0 Å². The lowest BCUT2D eigenvalue weighted by Gasteiger charge is -2.32. The van der Waals surface area contributed by atoms with Gasteiger partial charge < -0.3 is 0 Å². The quantitative estimate of drug-likeness (QED) is 0.538. The van der Waals surface area contributed by atoms with E-state index in [2.05, 4.69) is 6.92 Å². The first kappa shape index (κ1) is 15.8. The molecule has 0 spiro atoms. The van der Waals surface area contributed by atoms with Gasteiger partial charge in [-0.1, -0.05) is 6.92 Å². The highest BCUT2D eigenvalue weighted by atomic mass is 35.5. The Morgan fingerprint density at radius 2 is 1.90 bits per heavy atom. The number of halogens is 5. The summed E-state index contributed by atoms with van der Waals surface area (Å²) in [5.41, 5.74) is -0.655. The van der Waals surface area contributed by atoms with E-state index in [4.69, 9.17) is 11.6 Å². The molecule has 0 aromatic heterocycles. The zero-order valence-electron chi connectivity index (χ0n) is 11.3. The van der Waals surface area contributed by atoms with Crippen molar-refractivity contribution in [2.75, 3.05) is 19.6 Å². The molecule has 20 heavy (non-hydrogen) atoms. The zero-order valence-corrected chi connectivity index (χ0v) is 12.1. The van der Waals surface area contributed by atoms with Gasteiger partial charge in [-0.2, -0.15) is 13.2 Å². The Morgan fingerprint density at radius 3 is 2.45 bits per heavy atom. The molecule has 1 aliphatic heterocycles. The molecule has 6 heteroatoms. The molecular weight excluding hydrogens is 294 g/mol. The van der Waals surface area contributed by atoms with Crippen LogP contribution in [0.1, 0.15) is 26.2 Å². The zero-order chi connectivity index (χ0) is 14.9. The van der Waals surface area contributed by atoms with Gasteiger partial charge in [-0.05, 0) is 43.5 Å². The average molecular weight is 312 g/mol. The van der Waals surface area contributed by atoms with E-state index in [1.807, 2.05) is 4.90 Å². The van der Waals surface area contributed by atoms with Gasteiger partial charge in [-0.25, -0.2) is 4.39 Å². The second-order valence-electron chi connectivity index (χ2n) is 5.67. The normalized spacial score (nSPS) is 26.9. The summed E-state index contributed by atoms with van der Waals surface area (Å²) in [5, 5.41) is -1.20. The van der Waals surface area contributed by atoms with Crippen molar-refractivity contribution < 1.29 is 17.6 Å². The van der Waals surface area contributed by atoms with Crippen LogP contribution in [0.4, 0.5) is 17.6 Å². The van der Waals surface area contributed by atoms with Crippen LogP contribution in [0, 0.1) is 5.92 Å². The van der Waals surface area contributed by atoms with Gasteiger partial charge in [-0.15, -0.1) is 11.6 Å². The molecular formula is C14H18ClF4N. The molecule has 114 valence electrons. The van der Waals surface area contributed by atoms with Gasteiger partial charge in [0.1, 0.15) is 5.83 Å². The molecule has 1 atom stereocenters. The Bertz CT molecular complexity index is 419. The molecule has 1 unspecified atom stereocenters. The van der Waals surface area contributed by atoms with Crippen LogP contribution < -0.4 is 0 Å². The summed E-state index contributed by atoms with van der Waals surface area (Å²) < 4.78 is 52.2. The number of hydrogen-bond donors (Lipinski definition) is 0. The molecule has 0 radical (unpaired) electrons. The minimum atomic E-state index is -4.44. The van der Waals surface area contributed by atoms with Crippen molar-refractivity contribution in [3.8, 4) is 0 Å². The molecule has 1 saturated heterocycles. The molecule has 0 amide bonds. The first-order valence-corrected chi connectivity index (χ1v) is 7.23. The summed E-state index contributed by atoms with van der Waals surface area (Å²) in [5.74, 6) is 0.0109. The van der Waals surface area contributed by atoms with E-state index >= 15 is 0 Å². The third kappa shape index (κ3) is 3.76. The van der Waals surface area contributed by atoms with Crippen molar-refractivity contribution in [3.05, 3.63) is 23.0 Å². The van der Waals surface area contributed by atoms with Crippen molar-refractivity contribution in [1.82, 2.24) is 4.90 Å². The molecule has 0 saturated carbocycles. The van der Waals surface area contributed by atoms with E-state index in [0.717, 1.165) is 32.0 Å². The maximum atomic E-state index is 13.9. The minimum absolute atomic E-state index is 0.0816. The van der Waals surface area contributed by atoms with Crippen LogP contribution in [-0.4, -0.2) is 36.1 Å². The van der Waals surface area contributed by atoms with E-state index in [-0.39, 0.29) is 12.1 Å². The van der Waals surface area contributed by atoms with Crippen LogP contribution in [0.3, 0.4) is 0 Å². The van der Waals surface area contributed by atoms with Crippen LogP contribution in [0.5, 0.6) is 0 Å². The highest BCUT2D eigenvalue weighted by molar-refractivity contribution is 6.22. The summed E-state index contributed by atoms with van der Waals surface area (Å²) in [4.78, 5) is 1.99. The number of likely N-dealkylation sites (tertiary alicyclic amines) is 1. The second kappa shape index (κ2) is 6.06. The summed E-state index contributed by atoms with van der Waals surface area (Å²) in [7, 11) is 0. The van der Waals surface area contributed by atoms with Crippen molar-refractivity contribution >= 4 is 11.6 Å². The maximum absolute atomic E-state index is 13.9. The lowest BCUT2D eigenvalue weighted by Crippen LogP contribution is -2.35. The van der Waals surface area contributed by atoms with Crippen molar-refractivity contribution in [2.24, 2.45) is 5.92 Å². The van der Waals surface area contributed by atoms with Gasteiger partial charge in [0.2, 0.25) is 0 Å². The average Bonchev–Trinajstić information content (AvgIpc) is 2.36. The first-order chi connectivity index (χ1) is 9.27. The van der Waals surface area contributed by atoms with Gasteiger partial charge in [0.05, 0.1) is 5.38 Å². The fourth-order valence-corrected chi connectivity index (χ4v) is 2.91. The predicted molar refractivity (Wildman–Crippen MR) is 71.4 cm³/mol. The van der Waals surface area contributed by atoms with Crippen molar-refractivity contribution in [1.29, 1.82) is 0 Å². The van der Waals surface area contributed by atoms with Crippen LogP contribution in [0.25, 0.3) is 0 Å². The molecule has 2 aliphatic rings. The van der Waals surface area contributed by atoms with Gasteiger partial charge in [-0.3, -0.25) is 4.90 Å². The third-order valence-corrected chi connectivity index (χ3v) is 4.31. The number of piperidine rings is 1. The number of nitrogens with zero attached hydrogens (tertiary/aromatic N) is 1. The maximum Gasteiger partial charge on any atom is 0.412 e. The molecule has 0 N–H and O–H groups in total. The van der Waals surface area contributed by atoms with Gasteiger partial charge in [0, 0.05) is 18.5 Å². The highest BCUT2D eigenvalue weighted by Gasteiger charge is 2.38.